The van der Waals surface area contributed by atoms with Crippen LogP contribution in [0, 0.1) is 0 Å². The van der Waals surface area contributed by atoms with Gasteiger partial charge in [0.1, 0.15) is 6.17 Å². The first-order valence-electron chi connectivity index (χ1n) is 20.9. The van der Waals surface area contributed by atoms with E-state index in [1.807, 2.05) is 0 Å². The lowest BCUT2D eigenvalue weighted by Gasteiger charge is -2.35. The highest BCUT2D eigenvalue weighted by atomic mass is 15.4. The molecule has 0 aliphatic carbocycles. The van der Waals surface area contributed by atoms with Gasteiger partial charge in [-0.05, 0) is 33.1 Å². The summed E-state index contributed by atoms with van der Waals surface area (Å²) >= 11 is 0. The van der Waals surface area contributed by atoms with Gasteiger partial charge in [0.15, 0.2) is 0 Å². The van der Waals surface area contributed by atoms with Crippen LogP contribution in [0.4, 0.5) is 0 Å². The number of rotatable bonds is 35. The van der Waals surface area contributed by atoms with Gasteiger partial charge in [0.25, 0.3) is 0 Å². The SMILES string of the molecule is CCCCCCCCCCCCCCCCCCCC1N(CCCCCCCCCCCCCCCCC)C=CN1C(C)C. The van der Waals surface area contributed by atoms with Crippen molar-refractivity contribution in [2.24, 2.45) is 0 Å². The molecule has 1 heterocycles. The fourth-order valence-electron chi connectivity index (χ4n) is 7.30. The second-order valence-electron chi connectivity index (χ2n) is 15.0. The maximum Gasteiger partial charge on any atom is 0.101 e. The van der Waals surface area contributed by atoms with E-state index in [9.17, 15) is 0 Å². The Bertz CT molecular complexity index is 584. The summed E-state index contributed by atoms with van der Waals surface area (Å²) in [6.07, 6.45) is 53.2. The van der Waals surface area contributed by atoms with Crippen LogP contribution in [0.1, 0.15) is 240 Å². The summed E-state index contributed by atoms with van der Waals surface area (Å²) < 4.78 is 0. The van der Waals surface area contributed by atoms with Gasteiger partial charge in [-0.3, -0.25) is 0 Å². The van der Waals surface area contributed by atoms with Crippen LogP contribution in [0.25, 0.3) is 0 Å². The Kier molecular flexibility index (Phi) is 30.4. The van der Waals surface area contributed by atoms with Gasteiger partial charge in [-0.1, -0.05) is 206 Å². The first-order chi connectivity index (χ1) is 21.7. The fraction of sp³-hybridized carbons (Fsp3) is 0.952. The van der Waals surface area contributed by atoms with Crippen molar-refractivity contribution in [1.82, 2.24) is 9.80 Å². The molecule has 1 aliphatic rings. The molecule has 0 radical (unpaired) electrons. The molecule has 0 aromatic heterocycles. The topological polar surface area (TPSA) is 6.48 Å². The van der Waals surface area contributed by atoms with Crippen molar-refractivity contribution >= 4 is 0 Å². The minimum atomic E-state index is 0.605. The third kappa shape index (κ3) is 24.6. The second-order valence-corrected chi connectivity index (χ2v) is 15.0. The molecule has 262 valence electrons. The molecular formula is C42H84N2. The van der Waals surface area contributed by atoms with Gasteiger partial charge < -0.3 is 9.80 Å². The molecule has 1 unspecified atom stereocenters. The minimum absolute atomic E-state index is 0.605. The molecule has 1 atom stereocenters. The Morgan fingerprint density at radius 1 is 0.386 bits per heavy atom. The molecule has 0 saturated heterocycles. The number of hydrogen-bond donors (Lipinski definition) is 0. The Morgan fingerprint density at radius 3 is 1.00 bits per heavy atom. The highest BCUT2D eigenvalue weighted by molar-refractivity contribution is 4.98. The number of nitrogens with zero attached hydrogens (tertiary/aromatic N) is 2. The predicted octanol–water partition coefficient (Wildman–Crippen LogP) is 14.7. The van der Waals surface area contributed by atoms with Crippen molar-refractivity contribution < 1.29 is 0 Å². The van der Waals surface area contributed by atoms with E-state index < -0.39 is 0 Å². The van der Waals surface area contributed by atoms with Crippen LogP contribution < -0.4 is 0 Å². The Balaban J connectivity index is 1.96. The average Bonchev–Trinajstić information content (AvgIpc) is 3.43. The highest BCUT2D eigenvalue weighted by Crippen LogP contribution is 2.25. The van der Waals surface area contributed by atoms with Gasteiger partial charge in [-0.2, -0.15) is 0 Å². The van der Waals surface area contributed by atoms with Crippen LogP contribution in [0.3, 0.4) is 0 Å². The van der Waals surface area contributed by atoms with Crippen LogP contribution in [-0.4, -0.2) is 28.6 Å². The maximum absolute atomic E-state index is 2.68. The van der Waals surface area contributed by atoms with Crippen LogP contribution >= 0.6 is 0 Å². The van der Waals surface area contributed by atoms with Gasteiger partial charge in [0.2, 0.25) is 0 Å². The minimum Gasteiger partial charge on any atom is -0.356 e. The molecule has 44 heavy (non-hydrogen) atoms. The smallest absolute Gasteiger partial charge is 0.101 e. The van der Waals surface area contributed by atoms with Gasteiger partial charge in [-0.25, -0.2) is 0 Å². The average molecular weight is 617 g/mol. The molecule has 1 aliphatic heterocycles. The molecule has 1 rings (SSSR count). The van der Waals surface area contributed by atoms with E-state index in [1.54, 1.807) is 0 Å². The van der Waals surface area contributed by atoms with E-state index in [-0.39, 0.29) is 0 Å². The molecule has 0 saturated carbocycles. The maximum atomic E-state index is 2.68. The molecule has 0 spiro atoms. The Labute approximate surface area is 280 Å². The van der Waals surface area contributed by atoms with Crippen molar-refractivity contribution in [2.45, 2.75) is 252 Å². The zero-order chi connectivity index (χ0) is 31.8. The Hall–Kier alpha value is -0.660. The third-order valence-electron chi connectivity index (χ3n) is 10.3. The lowest BCUT2D eigenvalue weighted by molar-refractivity contribution is 0.114. The predicted molar refractivity (Wildman–Crippen MR) is 200 cm³/mol. The fourth-order valence-corrected chi connectivity index (χ4v) is 7.30. The van der Waals surface area contributed by atoms with E-state index in [2.05, 4.69) is 49.9 Å². The zero-order valence-corrected chi connectivity index (χ0v) is 31.2. The van der Waals surface area contributed by atoms with E-state index in [1.165, 1.54) is 218 Å². The monoisotopic (exact) mass is 617 g/mol. The highest BCUT2D eigenvalue weighted by Gasteiger charge is 2.26. The van der Waals surface area contributed by atoms with E-state index in [4.69, 9.17) is 0 Å². The lowest BCUT2D eigenvalue weighted by atomic mass is 10.0. The molecule has 2 nitrogen and oxygen atoms in total. The third-order valence-corrected chi connectivity index (χ3v) is 10.3. The van der Waals surface area contributed by atoms with Crippen molar-refractivity contribution in [1.29, 1.82) is 0 Å². The first kappa shape index (κ1) is 41.4. The van der Waals surface area contributed by atoms with Crippen LogP contribution in [0.15, 0.2) is 12.4 Å². The zero-order valence-electron chi connectivity index (χ0n) is 31.2. The van der Waals surface area contributed by atoms with Crippen molar-refractivity contribution in [3.8, 4) is 0 Å². The van der Waals surface area contributed by atoms with Crippen molar-refractivity contribution in [3.63, 3.8) is 0 Å². The van der Waals surface area contributed by atoms with Crippen molar-refractivity contribution in [2.75, 3.05) is 6.54 Å². The van der Waals surface area contributed by atoms with Crippen molar-refractivity contribution in [3.05, 3.63) is 12.4 Å². The van der Waals surface area contributed by atoms with Gasteiger partial charge in [-0.15, -0.1) is 0 Å². The summed E-state index contributed by atoms with van der Waals surface area (Å²) in [6.45, 7) is 10.6. The van der Waals surface area contributed by atoms with E-state index >= 15 is 0 Å². The molecule has 0 N–H and O–H groups in total. The van der Waals surface area contributed by atoms with Gasteiger partial charge >= 0.3 is 0 Å². The van der Waals surface area contributed by atoms with E-state index in [0.717, 1.165) is 0 Å². The normalized spacial score (nSPS) is 15.0. The lowest BCUT2D eigenvalue weighted by Crippen LogP contribution is -2.42. The molecule has 0 aromatic carbocycles. The summed E-state index contributed by atoms with van der Waals surface area (Å²) in [5.41, 5.74) is 0. The van der Waals surface area contributed by atoms with E-state index in [0.29, 0.717) is 12.2 Å². The Morgan fingerprint density at radius 2 is 0.682 bits per heavy atom. The molecule has 0 aromatic rings. The number of hydrogen-bond acceptors (Lipinski definition) is 2. The van der Waals surface area contributed by atoms with Crippen LogP contribution in [-0.2, 0) is 0 Å². The summed E-state index contributed by atoms with van der Waals surface area (Å²) in [7, 11) is 0. The summed E-state index contributed by atoms with van der Waals surface area (Å²) in [4.78, 5) is 5.30. The molecule has 0 bridgehead atoms. The van der Waals surface area contributed by atoms with Crippen LogP contribution in [0.2, 0.25) is 0 Å². The second kappa shape index (κ2) is 32.3. The summed E-state index contributed by atoms with van der Waals surface area (Å²) in [5.74, 6) is 0. The number of unbranched alkanes of at least 4 members (excludes halogenated alkanes) is 30. The first-order valence-corrected chi connectivity index (χ1v) is 20.9. The summed E-state index contributed by atoms with van der Waals surface area (Å²) in [6, 6.07) is 0.605. The quantitative estimate of drug-likeness (QED) is 0.0654. The van der Waals surface area contributed by atoms with Gasteiger partial charge in [0, 0.05) is 25.0 Å². The molecule has 2 heteroatoms. The molecule has 0 amide bonds. The standard InChI is InChI=1S/C42H84N2/c1-5-7-9-11-13-15-17-19-21-22-23-25-27-29-31-33-35-37-42-43(39-40-44(42)41(3)4)38-36-34-32-30-28-26-24-20-18-16-14-12-10-8-6-2/h39-42H,5-38H2,1-4H3. The summed E-state index contributed by atoms with van der Waals surface area (Å²) in [5, 5.41) is 0. The van der Waals surface area contributed by atoms with Gasteiger partial charge in [0.05, 0.1) is 0 Å². The van der Waals surface area contributed by atoms with Crippen LogP contribution in [0.5, 0.6) is 0 Å². The largest absolute Gasteiger partial charge is 0.356 e. The molecule has 0 fully saturated rings. The molecular weight excluding hydrogens is 532 g/mol.